The molecule has 3 nitrogen and oxygen atoms in total. The number of rotatable bonds is 6. The number of hydrogen-bond acceptors (Lipinski definition) is 1. The number of aliphatic imine (C=N–C) groups is 1. The van der Waals surface area contributed by atoms with Gasteiger partial charge in [-0.25, -0.2) is 0 Å². The van der Waals surface area contributed by atoms with Crippen LogP contribution in [0.15, 0.2) is 29.3 Å². The number of benzene rings is 1. The Morgan fingerprint density at radius 1 is 1.42 bits per heavy atom. The van der Waals surface area contributed by atoms with E-state index in [2.05, 4.69) is 55.3 Å². The van der Waals surface area contributed by atoms with Crippen molar-refractivity contribution in [3.63, 3.8) is 0 Å². The van der Waals surface area contributed by atoms with Gasteiger partial charge < -0.3 is 11.1 Å². The van der Waals surface area contributed by atoms with Gasteiger partial charge in [-0.1, -0.05) is 50.1 Å². The van der Waals surface area contributed by atoms with E-state index in [1.165, 1.54) is 17.5 Å². The number of nitrogens with two attached hydrogens (primary N) is 1. The molecule has 108 valence electrons. The molecule has 1 rings (SSSR count). The second-order valence-electron chi connectivity index (χ2n) is 4.82. The fourth-order valence-electron chi connectivity index (χ4n) is 1.77. The molecule has 1 aromatic carbocycles. The molecule has 0 aliphatic rings. The lowest BCUT2D eigenvalue weighted by atomic mass is 10.00. The van der Waals surface area contributed by atoms with E-state index in [1.807, 2.05) is 0 Å². The van der Waals surface area contributed by atoms with E-state index < -0.39 is 0 Å². The van der Waals surface area contributed by atoms with Crippen LogP contribution < -0.4 is 11.1 Å². The van der Waals surface area contributed by atoms with Crippen LogP contribution in [-0.4, -0.2) is 19.0 Å². The molecule has 0 aromatic heterocycles. The highest BCUT2D eigenvalue weighted by Crippen LogP contribution is 2.16. The molecule has 0 radical (unpaired) electrons. The van der Waals surface area contributed by atoms with Crippen molar-refractivity contribution in [1.82, 2.24) is 5.32 Å². The molecule has 1 atom stereocenters. The van der Waals surface area contributed by atoms with Crippen molar-refractivity contribution in [2.45, 2.75) is 39.5 Å². The lowest BCUT2D eigenvalue weighted by Gasteiger charge is -2.11. The second kappa shape index (κ2) is 10.1. The van der Waals surface area contributed by atoms with Gasteiger partial charge in [-0.15, -0.1) is 24.0 Å². The lowest BCUT2D eigenvalue weighted by Crippen LogP contribution is -2.32. The van der Waals surface area contributed by atoms with Gasteiger partial charge >= 0.3 is 0 Å². The summed E-state index contributed by atoms with van der Waals surface area (Å²) < 4.78 is 0. The average Bonchev–Trinajstić information content (AvgIpc) is 2.36. The largest absolute Gasteiger partial charge is 0.370 e. The summed E-state index contributed by atoms with van der Waals surface area (Å²) >= 11 is 0. The maximum absolute atomic E-state index is 5.81. The molecule has 4 heteroatoms. The summed E-state index contributed by atoms with van der Waals surface area (Å²) in [6.07, 6.45) is 2.30. The Balaban J connectivity index is 0.00000324. The van der Waals surface area contributed by atoms with E-state index in [4.69, 9.17) is 5.73 Å². The second-order valence-corrected chi connectivity index (χ2v) is 4.82. The van der Waals surface area contributed by atoms with Crippen molar-refractivity contribution < 1.29 is 0 Å². The number of nitrogens with one attached hydrogen (secondary N) is 1. The van der Waals surface area contributed by atoms with Gasteiger partial charge in [-0.2, -0.15) is 0 Å². The molecule has 0 saturated heterocycles. The first kappa shape index (κ1) is 18.2. The van der Waals surface area contributed by atoms with E-state index in [0.29, 0.717) is 11.9 Å². The Morgan fingerprint density at radius 3 is 2.79 bits per heavy atom. The zero-order valence-electron chi connectivity index (χ0n) is 12.1. The molecule has 0 aliphatic heterocycles. The predicted octanol–water partition coefficient (Wildman–Crippen LogP) is 3.42. The van der Waals surface area contributed by atoms with Gasteiger partial charge in [0.15, 0.2) is 5.96 Å². The standard InChI is InChI=1S/C15H25N3.HI/c1-4-5-9-17-15(16)18-11-13(3)14-8-6-7-12(2)10-14;/h6-8,10,13H,4-5,9,11H2,1-3H3,(H3,16,17,18);1H. The molecule has 0 spiro atoms. The number of hydrogen-bond donors (Lipinski definition) is 2. The Kier molecular flexibility index (Phi) is 9.65. The van der Waals surface area contributed by atoms with Gasteiger partial charge in [0.25, 0.3) is 0 Å². The van der Waals surface area contributed by atoms with Crippen LogP contribution in [0.25, 0.3) is 0 Å². The molecule has 1 aromatic rings. The highest BCUT2D eigenvalue weighted by Gasteiger charge is 2.04. The van der Waals surface area contributed by atoms with Gasteiger partial charge in [-0.05, 0) is 18.9 Å². The lowest BCUT2D eigenvalue weighted by molar-refractivity contribution is 0.734. The van der Waals surface area contributed by atoms with E-state index in [-0.39, 0.29) is 24.0 Å². The van der Waals surface area contributed by atoms with Crippen molar-refractivity contribution >= 4 is 29.9 Å². The van der Waals surface area contributed by atoms with Gasteiger partial charge in [0.2, 0.25) is 0 Å². The molecule has 0 saturated carbocycles. The summed E-state index contributed by atoms with van der Waals surface area (Å²) in [4.78, 5) is 4.39. The first-order valence-electron chi connectivity index (χ1n) is 6.73. The van der Waals surface area contributed by atoms with E-state index >= 15 is 0 Å². The van der Waals surface area contributed by atoms with Crippen molar-refractivity contribution in [2.75, 3.05) is 13.1 Å². The van der Waals surface area contributed by atoms with Crippen LogP contribution >= 0.6 is 24.0 Å². The van der Waals surface area contributed by atoms with Gasteiger partial charge in [0, 0.05) is 19.0 Å². The normalized spacial score (nSPS) is 12.7. The summed E-state index contributed by atoms with van der Waals surface area (Å²) in [5, 5.41) is 3.13. The summed E-state index contributed by atoms with van der Waals surface area (Å²) in [7, 11) is 0. The third-order valence-electron chi connectivity index (χ3n) is 2.98. The number of halogens is 1. The Morgan fingerprint density at radius 2 is 2.16 bits per heavy atom. The third-order valence-corrected chi connectivity index (χ3v) is 2.98. The van der Waals surface area contributed by atoms with Gasteiger partial charge in [0.05, 0.1) is 0 Å². The average molecular weight is 375 g/mol. The van der Waals surface area contributed by atoms with E-state index in [0.717, 1.165) is 19.5 Å². The monoisotopic (exact) mass is 375 g/mol. The first-order chi connectivity index (χ1) is 8.63. The molecular weight excluding hydrogens is 349 g/mol. The van der Waals surface area contributed by atoms with Crippen LogP contribution in [0, 0.1) is 6.92 Å². The van der Waals surface area contributed by atoms with Crippen LogP contribution in [-0.2, 0) is 0 Å². The minimum Gasteiger partial charge on any atom is -0.370 e. The van der Waals surface area contributed by atoms with Crippen molar-refractivity contribution in [3.8, 4) is 0 Å². The van der Waals surface area contributed by atoms with Crippen LogP contribution in [0.3, 0.4) is 0 Å². The molecule has 3 N–H and O–H groups in total. The molecule has 0 bridgehead atoms. The number of aryl methyl sites for hydroxylation is 1. The van der Waals surface area contributed by atoms with Crippen LogP contribution in [0.1, 0.15) is 43.7 Å². The topological polar surface area (TPSA) is 50.4 Å². The maximum Gasteiger partial charge on any atom is 0.188 e. The van der Waals surface area contributed by atoms with Gasteiger partial charge in [0.1, 0.15) is 0 Å². The molecule has 0 amide bonds. The minimum absolute atomic E-state index is 0. The summed E-state index contributed by atoms with van der Waals surface area (Å²) in [6, 6.07) is 8.56. The SMILES string of the molecule is CCCCNC(N)=NCC(C)c1cccc(C)c1.I. The quantitative estimate of drug-likeness (QED) is 0.347. The Bertz CT molecular complexity index is 391. The predicted molar refractivity (Wildman–Crippen MR) is 94.4 cm³/mol. The number of nitrogens with zero attached hydrogens (tertiary/aromatic N) is 1. The molecule has 0 heterocycles. The fraction of sp³-hybridized carbons (Fsp3) is 0.533. The summed E-state index contributed by atoms with van der Waals surface area (Å²) in [6.45, 7) is 8.09. The van der Waals surface area contributed by atoms with Crippen LogP contribution in [0.5, 0.6) is 0 Å². The van der Waals surface area contributed by atoms with Crippen molar-refractivity contribution in [2.24, 2.45) is 10.7 Å². The van der Waals surface area contributed by atoms with Crippen LogP contribution in [0.2, 0.25) is 0 Å². The first-order valence-corrected chi connectivity index (χ1v) is 6.73. The molecule has 1 unspecified atom stereocenters. The van der Waals surface area contributed by atoms with Crippen molar-refractivity contribution in [3.05, 3.63) is 35.4 Å². The third kappa shape index (κ3) is 7.40. The van der Waals surface area contributed by atoms with Crippen LogP contribution in [0.4, 0.5) is 0 Å². The highest BCUT2D eigenvalue weighted by atomic mass is 127. The summed E-state index contributed by atoms with van der Waals surface area (Å²) in [5.41, 5.74) is 8.42. The number of unbranched alkanes of at least 4 members (excludes halogenated alkanes) is 1. The Labute approximate surface area is 134 Å². The number of guanidine groups is 1. The van der Waals surface area contributed by atoms with E-state index in [9.17, 15) is 0 Å². The zero-order chi connectivity index (χ0) is 13.4. The smallest absolute Gasteiger partial charge is 0.188 e. The molecule has 0 aliphatic carbocycles. The molecule has 0 fully saturated rings. The zero-order valence-corrected chi connectivity index (χ0v) is 14.5. The van der Waals surface area contributed by atoms with E-state index in [1.54, 1.807) is 0 Å². The molecule has 19 heavy (non-hydrogen) atoms. The van der Waals surface area contributed by atoms with Gasteiger partial charge in [-0.3, -0.25) is 4.99 Å². The molecular formula is C15H26IN3. The minimum atomic E-state index is 0. The Hall–Kier alpha value is -0.780. The summed E-state index contributed by atoms with van der Waals surface area (Å²) in [5.74, 6) is 0.958. The maximum atomic E-state index is 5.81. The van der Waals surface area contributed by atoms with Crippen molar-refractivity contribution in [1.29, 1.82) is 0 Å². The highest BCUT2D eigenvalue weighted by molar-refractivity contribution is 14.0. The fourth-order valence-corrected chi connectivity index (χ4v) is 1.77.